The summed E-state index contributed by atoms with van der Waals surface area (Å²) < 4.78 is 0. The van der Waals surface area contributed by atoms with Crippen LogP contribution in [0.25, 0.3) is 0 Å². The van der Waals surface area contributed by atoms with E-state index in [1.165, 1.54) is 31.4 Å². The molecule has 2 heteroatoms. The van der Waals surface area contributed by atoms with Crippen LogP contribution in [-0.4, -0.2) is 23.0 Å². The zero-order valence-corrected chi connectivity index (χ0v) is 11.3. The lowest BCUT2D eigenvalue weighted by Crippen LogP contribution is -2.36. The van der Waals surface area contributed by atoms with E-state index in [9.17, 15) is 0 Å². The highest BCUT2D eigenvalue weighted by atomic mass is 15.2. The van der Waals surface area contributed by atoms with Crippen molar-refractivity contribution >= 4 is 0 Å². The molecule has 1 aromatic heterocycles. The molecule has 1 aliphatic rings. The molecule has 1 fully saturated rings. The Hall–Kier alpha value is -0.890. The Balaban J connectivity index is 1.98. The summed E-state index contributed by atoms with van der Waals surface area (Å²) in [7, 11) is 2.25. The summed E-state index contributed by atoms with van der Waals surface area (Å²) in [5.74, 6) is 0.921. The van der Waals surface area contributed by atoms with Gasteiger partial charge in [-0.25, -0.2) is 0 Å². The first kappa shape index (κ1) is 12.6. The van der Waals surface area contributed by atoms with Gasteiger partial charge in [0.2, 0.25) is 0 Å². The van der Waals surface area contributed by atoms with Crippen LogP contribution in [0, 0.1) is 5.92 Å². The Labute approximate surface area is 105 Å². The van der Waals surface area contributed by atoms with Gasteiger partial charge in [-0.2, -0.15) is 0 Å². The lowest BCUT2D eigenvalue weighted by Gasteiger charge is -2.37. The van der Waals surface area contributed by atoms with E-state index in [1.54, 1.807) is 0 Å². The summed E-state index contributed by atoms with van der Waals surface area (Å²) in [6.07, 6.45) is 7.33. The predicted octanol–water partition coefficient (Wildman–Crippen LogP) is 3.65. The Kier molecular flexibility index (Phi) is 4.16. The first-order chi connectivity index (χ1) is 8.18. The molecule has 0 radical (unpaired) electrons. The number of aromatic nitrogens is 1. The third kappa shape index (κ3) is 3.06. The Morgan fingerprint density at radius 1 is 1.24 bits per heavy atom. The molecule has 0 aliphatic heterocycles. The first-order valence-corrected chi connectivity index (χ1v) is 6.81. The fraction of sp³-hybridized carbons (Fsp3) is 0.667. The maximum atomic E-state index is 4.47. The van der Waals surface area contributed by atoms with Gasteiger partial charge < -0.3 is 0 Å². The van der Waals surface area contributed by atoms with E-state index in [4.69, 9.17) is 0 Å². The van der Waals surface area contributed by atoms with Crippen molar-refractivity contribution in [1.82, 2.24) is 9.88 Å². The van der Waals surface area contributed by atoms with E-state index in [-0.39, 0.29) is 0 Å². The number of hydrogen-bond acceptors (Lipinski definition) is 2. The highest BCUT2D eigenvalue weighted by Crippen LogP contribution is 2.30. The van der Waals surface area contributed by atoms with Gasteiger partial charge in [-0.15, -0.1) is 0 Å². The Morgan fingerprint density at radius 3 is 2.53 bits per heavy atom. The molecule has 17 heavy (non-hydrogen) atoms. The van der Waals surface area contributed by atoms with Crippen LogP contribution in [0.15, 0.2) is 24.4 Å². The molecule has 2 nitrogen and oxygen atoms in total. The van der Waals surface area contributed by atoms with Crippen molar-refractivity contribution in [2.75, 3.05) is 7.05 Å². The van der Waals surface area contributed by atoms with E-state index >= 15 is 0 Å². The number of rotatable bonds is 3. The van der Waals surface area contributed by atoms with Crippen molar-refractivity contribution in [3.63, 3.8) is 0 Å². The quantitative estimate of drug-likeness (QED) is 0.790. The van der Waals surface area contributed by atoms with Crippen LogP contribution in [0.5, 0.6) is 0 Å². The monoisotopic (exact) mass is 232 g/mol. The molecule has 2 rings (SSSR count). The Bertz CT molecular complexity index is 328. The molecule has 1 aliphatic carbocycles. The maximum absolute atomic E-state index is 4.47. The van der Waals surface area contributed by atoms with Gasteiger partial charge in [0, 0.05) is 18.3 Å². The van der Waals surface area contributed by atoms with Gasteiger partial charge >= 0.3 is 0 Å². The molecule has 1 saturated carbocycles. The summed E-state index contributed by atoms with van der Waals surface area (Å²) in [5, 5.41) is 0. The van der Waals surface area contributed by atoms with Crippen molar-refractivity contribution in [1.29, 1.82) is 0 Å². The van der Waals surface area contributed by atoms with E-state index < -0.39 is 0 Å². The summed E-state index contributed by atoms with van der Waals surface area (Å²) in [6.45, 7) is 4.64. The second kappa shape index (κ2) is 5.63. The van der Waals surface area contributed by atoms with Crippen molar-refractivity contribution in [3.05, 3.63) is 30.1 Å². The third-order valence-corrected chi connectivity index (χ3v) is 4.29. The molecule has 0 N–H and O–H groups in total. The minimum Gasteiger partial charge on any atom is -0.295 e. The molecule has 94 valence electrons. The maximum Gasteiger partial charge on any atom is 0.0572 e. The van der Waals surface area contributed by atoms with E-state index in [2.05, 4.69) is 42.9 Å². The van der Waals surface area contributed by atoms with Gasteiger partial charge in [0.1, 0.15) is 0 Å². The molecule has 1 unspecified atom stereocenters. The lowest BCUT2D eigenvalue weighted by atomic mass is 9.86. The highest BCUT2D eigenvalue weighted by molar-refractivity contribution is 5.08. The molecule has 0 spiro atoms. The summed E-state index contributed by atoms with van der Waals surface area (Å²) >= 11 is 0. The second-order valence-corrected chi connectivity index (χ2v) is 5.51. The number of hydrogen-bond donors (Lipinski definition) is 0. The van der Waals surface area contributed by atoms with Crippen molar-refractivity contribution in [3.8, 4) is 0 Å². The fourth-order valence-electron chi connectivity index (χ4n) is 2.80. The average molecular weight is 232 g/mol. The van der Waals surface area contributed by atoms with Crippen LogP contribution < -0.4 is 0 Å². The third-order valence-electron chi connectivity index (χ3n) is 4.29. The Morgan fingerprint density at radius 2 is 1.94 bits per heavy atom. The summed E-state index contributed by atoms with van der Waals surface area (Å²) in [4.78, 5) is 6.98. The highest BCUT2D eigenvalue weighted by Gasteiger charge is 2.25. The molecule has 1 atom stereocenters. The van der Waals surface area contributed by atoms with Gasteiger partial charge in [0.25, 0.3) is 0 Å². The van der Waals surface area contributed by atoms with Gasteiger partial charge in [-0.05, 0) is 57.7 Å². The van der Waals surface area contributed by atoms with E-state index in [0.29, 0.717) is 6.04 Å². The topological polar surface area (TPSA) is 16.1 Å². The first-order valence-electron chi connectivity index (χ1n) is 6.81. The van der Waals surface area contributed by atoms with E-state index in [0.717, 1.165) is 12.0 Å². The van der Waals surface area contributed by atoms with Gasteiger partial charge in [0.15, 0.2) is 0 Å². The van der Waals surface area contributed by atoms with Crippen LogP contribution in [0.1, 0.15) is 51.3 Å². The standard InChI is InChI=1S/C15H24N2/c1-12-7-9-14(10-8-12)17(3)13(2)15-6-4-5-11-16-15/h4-6,11-14H,7-10H2,1-3H3. The van der Waals surface area contributed by atoms with Crippen molar-refractivity contribution in [2.24, 2.45) is 5.92 Å². The molecular weight excluding hydrogens is 208 g/mol. The zero-order chi connectivity index (χ0) is 12.3. The van der Waals surface area contributed by atoms with E-state index in [1.807, 2.05) is 12.3 Å². The van der Waals surface area contributed by atoms with Gasteiger partial charge in [-0.3, -0.25) is 9.88 Å². The number of pyridine rings is 1. The SMILES string of the molecule is CC1CCC(N(C)C(C)c2ccccn2)CC1. The fourth-order valence-corrected chi connectivity index (χ4v) is 2.80. The van der Waals surface area contributed by atoms with Crippen molar-refractivity contribution < 1.29 is 0 Å². The van der Waals surface area contributed by atoms with Crippen LogP contribution in [-0.2, 0) is 0 Å². The minimum absolute atomic E-state index is 0.426. The second-order valence-electron chi connectivity index (χ2n) is 5.51. The molecular formula is C15H24N2. The van der Waals surface area contributed by atoms with Crippen LogP contribution in [0.2, 0.25) is 0 Å². The van der Waals surface area contributed by atoms with Crippen LogP contribution >= 0.6 is 0 Å². The minimum atomic E-state index is 0.426. The van der Waals surface area contributed by atoms with Crippen molar-refractivity contribution in [2.45, 2.75) is 51.6 Å². The molecule has 1 heterocycles. The van der Waals surface area contributed by atoms with Crippen LogP contribution in [0.4, 0.5) is 0 Å². The lowest BCUT2D eigenvalue weighted by molar-refractivity contribution is 0.129. The largest absolute Gasteiger partial charge is 0.295 e. The number of nitrogens with zero attached hydrogens (tertiary/aromatic N) is 2. The molecule has 0 saturated heterocycles. The van der Waals surface area contributed by atoms with Gasteiger partial charge in [-0.1, -0.05) is 13.0 Å². The van der Waals surface area contributed by atoms with Crippen LogP contribution in [0.3, 0.4) is 0 Å². The smallest absolute Gasteiger partial charge is 0.0572 e. The molecule has 0 bridgehead atoms. The molecule has 0 aromatic carbocycles. The normalized spacial score (nSPS) is 27.1. The molecule has 0 amide bonds. The zero-order valence-electron chi connectivity index (χ0n) is 11.3. The summed E-state index contributed by atoms with van der Waals surface area (Å²) in [5.41, 5.74) is 1.19. The average Bonchev–Trinajstić information content (AvgIpc) is 2.39. The molecule has 1 aromatic rings. The summed E-state index contributed by atoms with van der Waals surface area (Å²) in [6, 6.07) is 7.36. The van der Waals surface area contributed by atoms with Gasteiger partial charge in [0.05, 0.1) is 5.69 Å². The predicted molar refractivity (Wildman–Crippen MR) is 71.8 cm³/mol.